The van der Waals surface area contributed by atoms with E-state index in [2.05, 4.69) is 15.8 Å². The fourth-order valence-corrected chi connectivity index (χ4v) is 2.99. The minimum absolute atomic E-state index is 0.211. The zero-order valence-electron chi connectivity index (χ0n) is 16.1. The normalized spacial score (nSPS) is 12.0. The summed E-state index contributed by atoms with van der Waals surface area (Å²) in [5.74, 6) is -0.333. The van der Waals surface area contributed by atoms with Gasteiger partial charge < -0.3 is 10.1 Å². The molecule has 8 heteroatoms. The van der Waals surface area contributed by atoms with Crippen LogP contribution in [0.1, 0.15) is 12.5 Å². The van der Waals surface area contributed by atoms with Gasteiger partial charge in [0.1, 0.15) is 11.8 Å². The largest absolute Gasteiger partial charge is 0.484 e. The van der Waals surface area contributed by atoms with Gasteiger partial charge in [-0.1, -0.05) is 65.7 Å². The molecule has 1 unspecified atom stereocenters. The Balaban J connectivity index is 1.47. The molecule has 30 heavy (non-hydrogen) atoms. The third kappa shape index (κ3) is 5.72. The van der Waals surface area contributed by atoms with Crippen molar-refractivity contribution in [1.29, 1.82) is 0 Å². The van der Waals surface area contributed by atoms with Gasteiger partial charge in [-0.2, -0.15) is 5.10 Å². The number of amides is 2. The maximum Gasteiger partial charge on any atom is 0.262 e. The summed E-state index contributed by atoms with van der Waals surface area (Å²) in [6.07, 6.45) is 1.38. The molecule has 3 aromatic rings. The summed E-state index contributed by atoms with van der Waals surface area (Å²) in [7, 11) is 0. The van der Waals surface area contributed by atoms with Crippen LogP contribution in [0.4, 0.5) is 0 Å². The van der Waals surface area contributed by atoms with E-state index in [-0.39, 0.29) is 6.61 Å². The summed E-state index contributed by atoms with van der Waals surface area (Å²) in [6, 6.07) is 17.7. The molecule has 0 aliphatic heterocycles. The first kappa shape index (κ1) is 21.6. The van der Waals surface area contributed by atoms with Crippen LogP contribution in [0.25, 0.3) is 10.8 Å². The molecule has 1 atom stereocenters. The molecular weight excluding hydrogens is 425 g/mol. The smallest absolute Gasteiger partial charge is 0.262 e. The van der Waals surface area contributed by atoms with Crippen LogP contribution < -0.4 is 15.5 Å². The van der Waals surface area contributed by atoms with E-state index in [1.54, 1.807) is 31.2 Å². The Hall–Kier alpha value is -3.09. The van der Waals surface area contributed by atoms with Gasteiger partial charge in [0.05, 0.1) is 16.3 Å². The van der Waals surface area contributed by atoms with E-state index in [0.29, 0.717) is 21.4 Å². The monoisotopic (exact) mass is 443 g/mol. The number of carbonyl (C=O) groups excluding carboxylic acids is 2. The van der Waals surface area contributed by atoms with E-state index in [4.69, 9.17) is 27.9 Å². The zero-order chi connectivity index (χ0) is 21.5. The van der Waals surface area contributed by atoms with E-state index < -0.39 is 17.9 Å². The van der Waals surface area contributed by atoms with Crippen LogP contribution in [0.15, 0.2) is 65.8 Å². The van der Waals surface area contributed by atoms with Crippen LogP contribution in [0.3, 0.4) is 0 Å². The number of rotatable bonds is 7. The Morgan fingerprint density at radius 3 is 2.63 bits per heavy atom. The molecule has 154 valence electrons. The van der Waals surface area contributed by atoms with Crippen LogP contribution in [0, 0.1) is 0 Å². The van der Waals surface area contributed by atoms with Crippen molar-refractivity contribution in [3.63, 3.8) is 0 Å². The number of nitrogens with one attached hydrogen (secondary N) is 2. The molecular formula is C22H19Cl2N3O3. The van der Waals surface area contributed by atoms with Gasteiger partial charge in [0.25, 0.3) is 11.8 Å². The standard InChI is InChI=1S/C22H19Cl2N3O3/c1-14(22(29)27-25-12-17-7-4-8-19(23)21(17)24)26-20(28)13-30-18-10-9-15-5-2-3-6-16(15)11-18/h2-12,14H,13H2,1H3,(H,26,28)(H,27,29). The van der Waals surface area contributed by atoms with Crippen LogP contribution in [0.5, 0.6) is 5.75 Å². The summed E-state index contributed by atoms with van der Waals surface area (Å²) < 4.78 is 5.52. The van der Waals surface area contributed by atoms with E-state index >= 15 is 0 Å². The predicted octanol–water partition coefficient (Wildman–Crippen LogP) is 4.18. The Morgan fingerprint density at radius 2 is 1.83 bits per heavy atom. The molecule has 0 saturated heterocycles. The van der Waals surface area contributed by atoms with Gasteiger partial charge in [-0.15, -0.1) is 0 Å². The third-order valence-corrected chi connectivity index (χ3v) is 5.06. The number of ether oxygens (including phenoxy) is 1. The van der Waals surface area contributed by atoms with E-state index in [1.807, 2.05) is 36.4 Å². The molecule has 0 aliphatic carbocycles. The highest BCUT2D eigenvalue weighted by Gasteiger charge is 2.15. The molecule has 0 saturated carbocycles. The minimum atomic E-state index is -0.801. The number of fused-ring (bicyclic) bond motifs is 1. The van der Waals surface area contributed by atoms with Crippen LogP contribution >= 0.6 is 23.2 Å². The highest BCUT2D eigenvalue weighted by atomic mass is 35.5. The Morgan fingerprint density at radius 1 is 1.07 bits per heavy atom. The Kier molecular flexibility index (Phi) is 7.27. The van der Waals surface area contributed by atoms with Gasteiger partial charge in [-0.05, 0) is 35.9 Å². The summed E-state index contributed by atoms with van der Waals surface area (Å²) in [4.78, 5) is 24.2. The number of halogens is 2. The molecule has 3 rings (SSSR count). The average Bonchev–Trinajstić information content (AvgIpc) is 2.75. The maximum absolute atomic E-state index is 12.1. The second-order valence-corrected chi connectivity index (χ2v) is 7.25. The molecule has 0 radical (unpaired) electrons. The van der Waals surface area contributed by atoms with Gasteiger partial charge in [-0.3, -0.25) is 9.59 Å². The lowest BCUT2D eigenvalue weighted by Gasteiger charge is -2.13. The molecule has 0 aromatic heterocycles. The number of hydrogen-bond donors (Lipinski definition) is 2. The van der Waals surface area contributed by atoms with Gasteiger partial charge >= 0.3 is 0 Å². The molecule has 2 amide bonds. The zero-order valence-corrected chi connectivity index (χ0v) is 17.6. The van der Waals surface area contributed by atoms with Gasteiger partial charge in [0.2, 0.25) is 0 Å². The van der Waals surface area contributed by atoms with Crippen molar-refractivity contribution in [3.05, 3.63) is 76.3 Å². The lowest BCUT2D eigenvalue weighted by Crippen LogP contribution is -2.45. The molecule has 0 spiro atoms. The minimum Gasteiger partial charge on any atom is -0.484 e. The van der Waals surface area contributed by atoms with Crippen LogP contribution in [-0.4, -0.2) is 30.7 Å². The summed E-state index contributed by atoms with van der Waals surface area (Å²) in [5, 5.41) is 9.23. The molecule has 3 aromatic carbocycles. The second-order valence-electron chi connectivity index (χ2n) is 6.46. The van der Waals surface area contributed by atoms with Crippen LogP contribution in [-0.2, 0) is 9.59 Å². The van der Waals surface area contributed by atoms with Crippen molar-refractivity contribution in [1.82, 2.24) is 10.7 Å². The van der Waals surface area contributed by atoms with Crippen molar-refractivity contribution in [2.24, 2.45) is 5.10 Å². The SMILES string of the molecule is CC(NC(=O)COc1ccc2ccccc2c1)C(=O)NN=Cc1cccc(Cl)c1Cl. The quantitative estimate of drug-likeness (QED) is 0.424. The first-order chi connectivity index (χ1) is 14.4. The third-order valence-electron chi connectivity index (χ3n) is 4.22. The molecule has 2 N–H and O–H groups in total. The Bertz CT molecular complexity index is 1100. The lowest BCUT2D eigenvalue weighted by molar-refractivity contribution is -0.129. The number of nitrogens with zero attached hydrogens (tertiary/aromatic N) is 1. The van der Waals surface area contributed by atoms with Crippen molar-refractivity contribution in [2.75, 3.05) is 6.61 Å². The van der Waals surface area contributed by atoms with Crippen LogP contribution in [0.2, 0.25) is 10.0 Å². The molecule has 0 fully saturated rings. The van der Waals surface area contributed by atoms with Crippen molar-refractivity contribution < 1.29 is 14.3 Å². The van der Waals surface area contributed by atoms with E-state index in [1.165, 1.54) is 6.21 Å². The Labute approximate surface area is 183 Å². The topological polar surface area (TPSA) is 79.8 Å². The summed E-state index contributed by atoms with van der Waals surface area (Å²) in [6.45, 7) is 1.34. The van der Waals surface area contributed by atoms with Crippen molar-refractivity contribution in [2.45, 2.75) is 13.0 Å². The second kappa shape index (κ2) is 10.1. The van der Waals surface area contributed by atoms with Gasteiger partial charge in [-0.25, -0.2) is 5.43 Å². The number of benzene rings is 3. The van der Waals surface area contributed by atoms with Crippen molar-refractivity contribution in [3.8, 4) is 5.75 Å². The fourth-order valence-electron chi connectivity index (χ4n) is 2.64. The predicted molar refractivity (Wildman–Crippen MR) is 119 cm³/mol. The highest BCUT2D eigenvalue weighted by Crippen LogP contribution is 2.24. The van der Waals surface area contributed by atoms with Crippen molar-refractivity contribution >= 4 is 52.0 Å². The highest BCUT2D eigenvalue weighted by molar-refractivity contribution is 6.43. The van der Waals surface area contributed by atoms with E-state index in [9.17, 15) is 9.59 Å². The summed E-state index contributed by atoms with van der Waals surface area (Å²) in [5.41, 5.74) is 2.91. The lowest BCUT2D eigenvalue weighted by atomic mass is 10.1. The molecule has 6 nitrogen and oxygen atoms in total. The first-order valence-electron chi connectivity index (χ1n) is 9.12. The first-order valence-corrected chi connectivity index (χ1v) is 9.87. The number of hydrazone groups is 1. The van der Waals surface area contributed by atoms with Gasteiger partial charge in [0, 0.05) is 5.56 Å². The fraction of sp³-hybridized carbons (Fsp3) is 0.136. The maximum atomic E-state index is 12.1. The summed E-state index contributed by atoms with van der Waals surface area (Å²) >= 11 is 12.0. The molecule has 0 bridgehead atoms. The average molecular weight is 444 g/mol. The number of hydrogen-bond acceptors (Lipinski definition) is 4. The molecule has 0 heterocycles. The van der Waals surface area contributed by atoms with E-state index in [0.717, 1.165) is 10.8 Å². The number of carbonyl (C=O) groups is 2. The van der Waals surface area contributed by atoms with Gasteiger partial charge in [0.15, 0.2) is 6.61 Å². The molecule has 0 aliphatic rings.